The van der Waals surface area contributed by atoms with Crippen LogP contribution in [0.1, 0.15) is 17.3 Å². The number of carboxylic acid groups (broad SMARTS) is 1. The molecule has 1 heterocycles. The van der Waals surface area contributed by atoms with Crippen molar-refractivity contribution in [2.45, 2.75) is 12.3 Å². The zero-order chi connectivity index (χ0) is 15.6. The molecule has 8 heteroatoms. The summed E-state index contributed by atoms with van der Waals surface area (Å²) in [7, 11) is -3.29. The highest BCUT2D eigenvalue weighted by Gasteiger charge is 2.34. The summed E-state index contributed by atoms with van der Waals surface area (Å²) in [6.45, 7) is 2.10. The minimum atomic E-state index is -3.29. The normalized spacial score (nSPS) is 19.5. The molecule has 1 aromatic rings. The lowest BCUT2D eigenvalue weighted by atomic mass is 10.1. The Balaban J connectivity index is 2.50. The summed E-state index contributed by atoms with van der Waals surface area (Å²) in [6.07, 6.45) is 0. The third kappa shape index (κ3) is 3.26. The number of aromatic carboxylic acids is 1. The number of nitrogen functional groups attached to an aromatic ring is 1. The molecule has 1 fully saturated rings. The molecule has 0 aliphatic carbocycles. The molecule has 0 saturated carbocycles. The summed E-state index contributed by atoms with van der Waals surface area (Å²) < 4.78 is 24.5. The van der Waals surface area contributed by atoms with E-state index in [1.165, 1.54) is 6.07 Å². The van der Waals surface area contributed by atoms with Gasteiger partial charge in [0.15, 0.2) is 9.84 Å². The fourth-order valence-electron chi connectivity index (χ4n) is 2.32. The molecule has 6 nitrogen and oxygen atoms in total. The maximum Gasteiger partial charge on any atom is 0.337 e. The van der Waals surface area contributed by atoms with E-state index in [0.29, 0.717) is 23.7 Å². The van der Waals surface area contributed by atoms with Crippen molar-refractivity contribution >= 4 is 38.9 Å². The van der Waals surface area contributed by atoms with Gasteiger partial charge in [0.2, 0.25) is 0 Å². The van der Waals surface area contributed by atoms with Crippen molar-refractivity contribution in [3.05, 3.63) is 23.8 Å². The third-order valence-corrected chi connectivity index (χ3v) is 6.75. The molecule has 1 aliphatic rings. The first-order valence-corrected chi connectivity index (χ1v) is 9.42. The maximum absolute atomic E-state index is 12.3. The molecule has 116 valence electrons. The van der Waals surface area contributed by atoms with Gasteiger partial charge in [0.1, 0.15) is 5.37 Å². The number of benzene rings is 1. The number of carboxylic acids is 1. The molecule has 1 atom stereocenters. The van der Waals surface area contributed by atoms with Gasteiger partial charge in [-0.3, -0.25) is 0 Å². The van der Waals surface area contributed by atoms with Crippen LogP contribution in [0.5, 0.6) is 0 Å². The Morgan fingerprint density at radius 1 is 1.52 bits per heavy atom. The minimum absolute atomic E-state index is 0.0338. The van der Waals surface area contributed by atoms with Gasteiger partial charge in [-0.2, -0.15) is 11.8 Å². The number of hydrogen-bond acceptors (Lipinski definition) is 6. The number of carbonyl (C=O) groups is 1. The van der Waals surface area contributed by atoms with Crippen LogP contribution in [-0.2, 0) is 9.84 Å². The number of anilines is 2. The number of sulfone groups is 1. The van der Waals surface area contributed by atoms with Crippen LogP contribution >= 0.6 is 11.8 Å². The second kappa shape index (κ2) is 6.15. The predicted molar refractivity (Wildman–Crippen MR) is 85.7 cm³/mol. The van der Waals surface area contributed by atoms with Gasteiger partial charge in [0.25, 0.3) is 0 Å². The molecular weight excluding hydrogens is 312 g/mol. The van der Waals surface area contributed by atoms with Gasteiger partial charge < -0.3 is 15.7 Å². The summed E-state index contributed by atoms with van der Waals surface area (Å²) in [5, 5.41) is 8.64. The molecule has 3 N–H and O–H groups in total. The lowest BCUT2D eigenvalue weighted by Crippen LogP contribution is -2.48. The van der Waals surface area contributed by atoms with Gasteiger partial charge in [-0.1, -0.05) is 6.92 Å². The first-order chi connectivity index (χ1) is 9.86. The van der Waals surface area contributed by atoms with Crippen molar-refractivity contribution in [3.8, 4) is 0 Å². The average Bonchev–Trinajstić information content (AvgIpc) is 2.47. The number of thioether (sulfide) groups is 1. The van der Waals surface area contributed by atoms with E-state index in [0.717, 1.165) is 5.75 Å². The van der Waals surface area contributed by atoms with Crippen LogP contribution in [0.4, 0.5) is 11.4 Å². The van der Waals surface area contributed by atoms with E-state index in [2.05, 4.69) is 0 Å². The molecule has 1 unspecified atom stereocenters. The van der Waals surface area contributed by atoms with Crippen LogP contribution in [-0.4, -0.2) is 48.7 Å². The first kappa shape index (κ1) is 16.0. The fourth-order valence-corrected chi connectivity index (χ4v) is 5.31. The highest BCUT2D eigenvalue weighted by atomic mass is 32.2. The van der Waals surface area contributed by atoms with Crippen molar-refractivity contribution < 1.29 is 18.3 Å². The quantitative estimate of drug-likeness (QED) is 0.802. The summed E-state index contributed by atoms with van der Waals surface area (Å²) in [6, 6.07) is 4.56. The molecular formula is C13H18N2O4S2. The highest BCUT2D eigenvalue weighted by Crippen LogP contribution is 2.31. The lowest BCUT2D eigenvalue weighted by molar-refractivity contribution is 0.0697. The molecule has 0 bridgehead atoms. The molecule has 21 heavy (non-hydrogen) atoms. The Morgan fingerprint density at radius 3 is 2.86 bits per heavy atom. The lowest BCUT2D eigenvalue weighted by Gasteiger charge is -2.37. The second-order valence-electron chi connectivity index (χ2n) is 4.76. The molecule has 1 aliphatic heterocycles. The smallest absolute Gasteiger partial charge is 0.337 e. The van der Waals surface area contributed by atoms with Crippen molar-refractivity contribution in [2.75, 3.05) is 34.4 Å². The van der Waals surface area contributed by atoms with Gasteiger partial charge in [0, 0.05) is 29.5 Å². The van der Waals surface area contributed by atoms with Crippen LogP contribution < -0.4 is 10.6 Å². The summed E-state index contributed by atoms with van der Waals surface area (Å²) in [5.74, 6) is 0.133. The standard InChI is InChI=1S/C13H18N2O4S2/c1-2-21(18,19)12-8-20-6-5-15(12)11-4-3-9(14)7-10(11)13(16)17/h3-4,7,12H,2,5-6,8,14H2,1H3,(H,16,17). The zero-order valence-corrected chi connectivity index (χ0v) is 13.3. The average molecular weight is 330 g/mol. The molecule has 1 aromatic carbocycles. The fraction of sp³-hybridized carbons (Fsp3) is 0.462. The molecule has 2 rings (SSSR count). The topological polar surface area (TPSA) is 101 Å². The van der Waals surface area contributed by atoms with Gasteiger partial charge in [-0.15, -0.1) is 0 Å². The first-order valence-electron chi connectivity index (χ1n) is 6.55. The summed E-state index contributed by atoms with van der Waals surface area (Å²) in [5.41, 5.74) is 6.44. The van der Waals surface area contributed by atoms with Crippen molar-refractivity contribution in [1.29, 1.82) is 0 Å². The Labute approximate surface area is 128 Å². The largest absolute Gasteiger partial charge is 0.478 e. The van der Waals surface area contributed by atoms with Crippen LogP contribution in [0.2, 0.25) is 0 Å². The number of hydrogen-bond donors (Lipinski definition) is 2. The van der Waals surface area contributed by atoms with E-state index in [1.807, 2.05) is 0 Å². The van der Waals surface area contributed by atoms with Crippen LogP contribution in [0, 0.1) is 0 Å². The van der Waals surface area contributed by atoms with E-state index in [9.17, 15) is 18.3 Å². The van der Waals surface area contributed by atoms with E-state index in [4.69, 9.17) is 5.73 Å². The molecule has 0 aromatic heterocycles. The second-order valence-corrected chi connectivity index (χ2v) is 8.35. The Bertz CT molecular complexity index is 646. The third-order valence-electron chi connectivity index (χ3n) is 3.46. The summed E-state index contributed by atoms with van der Waals surface area (Å²) in [4.78, 5) is 13.1. The van der Waals surface area contributed by atoms with Crippen LogP contribution in [0.15, 0.2) is 18.2 Å². The molecule has 0 amide bonds. The van der Waals surface area contributed by atoms with Gasteiger partial charge >= 0.3 is 5.97 Å². The van der Waals surface area contributed by atoms with E-state index >= 15 is 0 Å². The number of nitrogens with zero attached hydrogens (tertiary/aromatic N) is 1. The van der Waals surface area contributed by atoms with Gasteiger partial charge in [-0.25, -0.2) is 13.2 Å². The molecule has 1 saturated heterocycles. The van der Waals surface area contributed by atoms with E-state index in [1.54, 1.807) is 35.7 Å². The number of nitrogens with two attached hydrogens (primary N) is 1. The van der Waals surface area contributed by atoms with Crippen molar-refractivity contribution in [3.63, 3.8) is 0 Å². The monoisotopic (exact) mass is 330 g/mol. The van der Waals surface area contributed by atoms with Gasteiger partial charge in [-0.05, 0) is 18.2 Å². The molecule has 0 radical (unpaired) electrons. The van der Waals surface area contributed by atoms with E-state index in [-0.39, 0.29) is 11.3 Å². The van der Waals surface area contributed by atoms with Gasteiger partial charge in [0.05, 0.1) is 11.3 Å². The van der Waals surface area contributed by atoms with Crippen LogP contribution in [0.25, 0.3) is 0 Å². The Hall–Kier alpha value is -1.41. The summed E-state index contributed by atoms with van der Waals surface area (Å²) >= 11 is 1.57. The highest BCUT2D eigenvalue weighted by molar-refractivity contribution is 8.01. The number of rotatable bonds is 4. The maximum atomic E-state index is 12.3. The molecule has 0 spiro atoms. The Morgan fingerprint density at radius 2 is 2.24 bits per heavy atom. The predicted octanol–water partition coefficient (Wildman–Crippen LogP) is 1.28. The zero-order valence-electron chi connectivity index (χ0n) is 11.7. The van der Waals surface area contributed by atoms with Crippen molar-refractivity contribution in [2.24, 2.45) is 0 Å². The minimum Gasteiger partial charge on any atom is -0.478 e. The van der Waals surface area contributed by atoms with Crippen LogP contribution in [0.3, 0.4) is 0 Å². The SMILES string of the molecule is CCS(=O)(=O)C1CSCCN1c1ccc(N)cc1C(=O)O. The Kier molecular flexibility index (Phi) is 4.67. The van der Waals surface area contributed by atoms with Crippen molar-refractivity contribution in [1.82, 2.24) is 0 Å². The van der Waals surface area contributed by atoms with E-state index < -0.39 is 21.2 Å².